The van der Waals surface area contributed by atoms with Gasteiger partial charge in [-0.15, -0.1) is 0 Å². The number of rotatable bonds is 1. The fourth-order valence-electron chi connectivity index (χ4n) is 3.28. The van der Waals surface area contributed by atoms with Crippen LogP contribution < -0.4 is 0 Å². The Hall–Kier alpha value is -1.22. The van der Waals surface area contributed by atoms with Crippen LogP contribution in [0.1, 0.15) is 33.6 Å². The molecule has 0 aliphatic heterocycles. The molecule has 4 atom stereocenters. The van der Waals surface area contributed by atoms with Crippen molar-refractivity contribution < 1.29 is 14.7 Å². The topological polar surface area (TPSA) is 54.4 Å². The molecule has 0 unspecified atom stereocenters. The van der Waals surface area contributed by atoms with Gasteiger partial charge in [-0.05, 0) is 36.8 Å². The first-order chi connectivity index (χ1) is 8.28. The lowest BCUT2D eigenvalue weighted by Gasteiger charge is -2.47. The summed E-state index contributed by atoms with van der Waals surface area (Å²) in [7, 11) is 0. The number of carbonyl (C=O) groups is 2. The molecule has 1 saturated carbocycles. The van der Waals surface area contributed by atoms with Crippen molar-refractivity contribution in [3.63, 3.8) is 0 Å². The summed E-state index contributed by atoms with van der Waals surface area (Å²) >= 11 is 0. The fourth-order valence-corrected chi connectivity index (χ4v) is 3.28. The standard InChI is InChI=1S/C15H20O3/c1-8(2)15(18)12-5-10(4)13(16)7-11(12)9(3)6-14(15)17/h5,9,11-12,18H,1,6-7H2,2-4H3/t9-,11+,12+,15-/m0/s1. The first-order valence-electron chi connectivity index (χ1n) is 6.41. The Morgan fingerprint density at radius 2 is 2.06 bits per heavy atom. The molecule has 3 nitrogen and oxygen atoms in total. The summed E-state index contributed by atoms with van der Waals surface area (Å²) in [4.78, 5) is 24.0. The molecule has 3 heteroatoms. The van der Waals surface area contributed by atoms with E-state index in [1.807, 2.05) is 6.92 Å². The van der Waals surface area contributed by atoms with Crippen molar-refractivity contribution in [3.05, 3.63) is 23.8 Å². The SMILES string of the molecule is C=C(C)[C@@]1(O)C(=O)C[C@H](C)[C@H]2CC(=O)C(C)=C[C@H]21. The zero-order chi connectivity index (χ0) is 13.7. The third-order valence-electron chi connectivity index (χ3n) is 4.55. The zero-order valence-corrected chi connectivity index (χ0v) is 11.2. The van der Waals surface area contributed by atoms with Gasteiger partial charge in [-0.2, -0.15) is 0 Å². The number of fused-ring (bicyclic) bond motifs is 1. The third-order valence-corrected chi connectivity index (χ3v) is 4.55. The minimum atomic E-state index is -1.49. The average Bonchev–Trinajstić information content (AvgIpc) is 2.28. The molecule has 0 aromatic rings. The number of aliphatic hydroxyl groups is 1. The summed E-state index contributed by atoms with van der Waals surface area (Å²) in [6.45, 7) is 9.19. The van der Waals surface area contributed by atoms with Crippen LogP contribution in [0.15, 0.2) is 23.8 Å². The van der Waals surface area contributed by atoms with E-state index in [-0.39, 0.29) is 29.3 Å². The molecule has 2 rings (SSSR count). The normalized spacial score (nSPS) is 40.2. The van der Waals surface area contributed by atoms with Crippen LogP contribution in [0.5, 0.6) is 0 Å². The van der Waals surface area contributed by atoms with Crippen LogP contribution >= 0.6 is 0 Å². The van der Waals surface area contributed by atoms with Gasteiger partial charge in [0.05, 0.1) is 0 Å². The summed E-state index contributed by atoms with van der Waals surface area (Å²) < 4.78 is 0. The van der Waals surface area contributed by atoms with Gasteiger partial charge in [-0.3, -0.25) is 9.59 Å². The van der Waals surface area contributed by atoms with Gasteiger partial charge in [0.25, 0.3) is 0 Å². The van der Waals surface area contributed by atoms with Crippen LogP contribution in [0.25, 0.3) is 0 Å². The molecule has 1 N–H and O–H groups in total. The second kappa shape index (κ2) is 4.16. The predicted molar refractivity (Wildman–Crippen MR) is 68.9 cm³/mol. The minimum absolute atomic E-state index is 0.0422. The molecule has 0 saturated heterocycles. The predicted octanol–water partition coefficient (Wildman–Crippen LogP) is 2.05. The number of ketones is 2. The quantitative estimate of drug-likeness (QED) is 0.723. The van der Waals surface area contributed by atoms with Crippen molar-refractivity contribution in [1.82, 2.24) is 0 Å². The zero-order valence-electron chi connectivity index (χ0n) is 11.2. The highest BCUT2D eigenvalue weighted by Gasteiger charge is 2.53. The van der Waals surface area contributed by atoms with Crippen molar-refractivity contribution in [2.75, 3.05) is 0 Å². The van der Waals surface area contributed by atoms with Crippen molar-refractivity contribution in [1.29, 1.82) is 0 Å². The molecular formula is C15H20O3. The van der Waals surface area contributed by atoms with E-state index in [9.17, 15) is 14.7 Å². The molecule has 0 bridgehead atoms. The Labute approximate surface area is 108 Å². The highest BCUT2D eigenvalue weighted by Crippen LogP contribution is 2.47. The molecular weight excluding hydrogens is 228 g/mol. The Morgan fingerprint density at radius 3 is 2.61 bits per heavy atom. The second-order valence-corrected chi connectivity index (χ2v) is 5.82. The highest BCUT2D eigenvalue weighted by molar-refractivity contribution is 5.98. The molecule has 98 valence electrons. The van der Waals surface area contributed by atoms with Crippen LogP contribution in [-0.2, 0) is 9.59 Å². The summed E-state index contributed by atoms with van der Waals surface area (Å²) in [6, 6.07) is 0. The van der Waals surface area contributed by atoms with E-state index >= 15 is 0 Å². The lowest BCUT2D eigenvalue weighted by Crippen LogP contribution is -2.56. The number of carbonyl (C=O) groups excluding carboxylic acids is 2. The Morgan fingerprint density at radius 1 is 1.44 bits per heavy atom. The first-order valence-corrected chi connectivity index (χ1v) is 6.41. The maximum Gasteiger partial charge on any atom is 0.169 e. The number of hydrogen-bond acceptors (Lipinski definition) is 3. The molecule has 2 aliphatic rings. The van der Waals surface area contributed by atoms with Gasteiger partial charge in [-0.25, -0.2) is 0 Å². The summed E-state index contributed by atoms with van der Waals surface area (Å²) in [5.41, 5.74) is -0.357. The Balaban J connectivity index is 2.53. The van der Waals surface area contributed by atoms with E-state index in [0.29, 0.717) is 24.0 Å². The molecule has 1 fully saturated rings. The lowest BCUT2D eigenvalue weighted by atomic mass is 9.58. The van der Waals surface area contributed by atoms with E-state index in [4.69, 9.17) is 0 Å². The van der Waals surface area contributed by atoms with Gasteiger partial charge in [-0.1, -0.05) is 19.6 Å². The second-order valence-electron chi connectivity index (χ2n) is 5.82. The van der Waals surface area contributed by atoms with Crippen LogP contribution in [0.2, 0.25) is 0 Å². The highest BCUT2D eigenvalue weighted by atomic mass is 16.3. The number of allylic oxidation sites excluding steroid dienone is 1. The largest absolute Gasteiger partial charge is 0.377 e. The van der Waals surface area contributed by atoms with Gasteiger partial charge >= 0.3 is 0 Å². The smallest absolute Gasteiger partial charge is 0.169 e. The van der Waals surface area contributed by atoms with Crippen LogP contribution in [-0.4, -0.2) is 22.3 Å². The van der Waals surface area contributed by atoms with Gasteiger partial charge in [0.15, 0.2) is 11.6 Å². The van der Waals surface area contributed by atoms with E-state index in [1.54, 1.807) is 19.9 Å². The van der Waals surface area contributed by atoms with Gasteiger partial charge < -0.3 is 5.11 Å². The van der Waals surface area contributed by atoms with Crippen LogP contribution in [0, 0.1) is 17.8 Å². The van der Waals surface area contributed by atoms with Crippen LogP contribution in [0.3, 0.4) is 0 Å². The van der Waals surface area contributed by atoms with E-state index in [0.717, 1.165) is 0 Å². The van der Waals surface area contributed by atoms with Gasteiger partial charge in [0, 0.05) is 18.8 Å². The number of Topliss-reactive ketones (excluding diaryl/α,β-unsaturated/α-hetero) is 2. The summed E-state index contributed by atoms with van der Waals surface area (Å²) in [5.74, 6) is -0.163. The molecule has 0 heterocycles. The Bertz CT molecular complexity index is 460. The molecule has 0 aromatic heterocycles. The molecule has 18 heavy (non-hydrogen) atoms. The van der Waals surface area contributed by atoms with Crippen molar-refractivity contribution in [2.24, 2.45) is 17.8 Å². The number of hydrogen-bond donors (Lipinski definition) is 1. The first kappa shape index (κ1) is 13.2. The molecule has 0 aromatic carbocycles. The van der Waals surface area contributed by atoms with Crippen LogP contribution in [0.4, 0.5) is 0 Å². The van der Waals surface area contributed by atoms with E-state index in [1.165, 1.54) is 0 Å². The molecule has 0 radical (unpaired) electrons. The molecule has 2 aliphatic carbocycles. The maximum atomic E-state index is 12.2. The summed E-state index contributed by atoms with van der Waals surface area (Å²) in [5, 5.41) is 10.7. The Kier molecular flexibility index (Phi) is 3.06. The van der Waals surface area contributed by atoms with Gasteiger partial charge in [0.1, 0.15) is 5.60 Å². The monoisotopic (exact) mass is 248 g/mol. The molecule has 0 spiro atoms. The van der Waals surface area contributed by atoms with Crippen molar-refractivity contribution in [2.45, 2.75) is 39.2 Å². The van der Waals surface area contributed by atoms with E-state index in [2.05, 4.69) is 6.58 Å². The van der Waals surface area contributed by atoms with Crippen molar-refractivity contribution >= 4 is 11.6 Å². The minimum Gasteiger partial charge on any atom is -0.377 e. The van der Waals surface area contributed by atoms with Gasteiger partial charge in [0.2, 0.25) is 0 Å². The van der Waals surface area contributed by atoms with Crippen molar-refractivity contribution in [3.8, 4) is 0 Å². The lowest BCUT2D eigenvalue weighted by molar-refractivity contribution is -0.148. The fraction of sp³-hybridized carbons (Fsp3) is 0.600. The molecule has 0 amide bonds. The summed E-state index contributed by atoms with van der Waals surface area (Å²) in [6.07, 6.45) is 2.53. The van der Waals surface area contributed by atoms with E-state index < -0.39 is 5.60 Å². The maximum absolute atomic E-state index is 12.2. The third kappa shape index (κ3) is 1.69. The average molecular weight is 248 g/mol.